The van der Waals surface area contributed by atoms with Gasteiger partial charge in [-0.15, -0.1) is 0 Å². The van der Waals surface area contributed by atoms with Gasteiger partial charge in [0.25, 0.3) is 0 Å². The van der Waals surface area contributed by atoms with Gasteiger partial charge in [0.2, 0.25) is 0 Å². The van der Waals surface area contributed by atoms with E-state index in [1.165, 1.54) is 0 Å². The standard InChI is InChI=1S/C18H30O4/c1-2-3-11-14-17(22-21)15-12-9-7-5-4-6-8-10-13-16-18(19)20/h7,9,11-12,14-15,17,21H,2-6,8,10,13,16H2,1H3,(H,19,20)/b9-7-,14-11-,15-12+/t17-/m0/s1. The van der Waals surface area contributed by atoms with Crippen LogP contribution in [0.4, 0.5) is 0 Å². The molecule has 0 unspecified atom stereocenters. The molecule has 0 fully saturated rings. The Morgan fingerprint density at radius 3 is 2.41 bits per heavy atom. The van der Waals surface area contributed by atoms with Crippen LogP contribution in [0.5, 0.6) is 0 Å². The zero-order valence-corrected chi connectivity index (χ0v) is 13.6. The average Bonchev–Trinajstić information content (AvgIpc) is 2.50. The minimum absolute atomic E-state index is 0.283. The van der Waals surface area contributed by atoms with Crippen LogP contribution in [-0.2, 0) is 9.68 Å². The Hall–Kier alpha value is -1.39. The monoisotopic (exact) mass is 310 g/mol. The number of carbonyl (C=O) groups is 1. The Bertz CT molecular complexity index is 345. The lowest BCUT2D eigenvalue weighted by Crippen LogP contribution is -2.01. The lowest BCUT2D eigenvalue weighted by molar-refractivity contribution is -0.254. The van der Waals surface area contributed by atoms with Gasteiger partial charge in [-0.05, 0) is 31.8 Å². The van der Waals surface area contributed by atoms with Gasteiger partial charge >= 0.3 is 5.97 Å². The zero-order valence-electron chi connectivity index (χ0n) is 13.6. The Labute approximate surface area is 134 Å². The highest BCUT2D eigenvalue weighted by molar-refractivity contribution is 5.66. The summed E-state index contributed by atoms with van der Waals surface area (Å²) in [7, 11) is 0. The summed E-state index contributed by atoms with van der Waals surface area (Å²) in [5.41, 5.74) is 0. The molecule has 0 aromatic rings. The summed E-state index contributed by atoms with van der Waals surface area (Å²) >= 11 is 0. The number of hydrogen-bond donors (Lipinski definition) is 2. The fourth-order valence-corrected chi connectivity index (χ4v) is 1.95. The Balaban J connectivity index is 3.59. The van der Waals surface area contributed by atoms with Crippen molar-refractivity contribution in [1.82, 2.24) is 0 Å². The van der Waals surface area contributed by atoms with Crippen LogP contribution in [0.3, 0.4) is 0 Å². The molecule has 0 saturated heterocycles. The first-order chi connectivity index (χ1) is 10.7. The van der Waals surface area contributed by atoms with Gasteiger partial charge in [-0.2, -0.15) is 0 Å². The third-order valence-corrected chi connectivity index (χ3v) is 3.21. The largest absolute Gasteiger partial charge is 0.481 e. The quantitative estimate of drug-likeness (QED) is 0.153. The molecular weight excluding hydrogens is 280 g/mol. The molecule has 0 spiro atoms. The fourth-order valence-electron chi connectivity index (χ4n) is 1.95. The number of carboxylic acids is 1. The van der Waals surface area contributed by atoms with Gasteiger partial charge in [0.05, 0.1) is 0 Å². The van der Waals surface area contributed by atoms with Gasteiger partial charge < -0.3 is 5.11 Å². The molecule has 0 bridgehead atoms. The van der Waals surface area contributed by atoms with Crippen molar-refractivity contribution in [3.63, 3.8) is 0 Å². The number of allylic oxidation sites excluding steroid dienone is 4. The fraction of sp³-hybridized carbons (Fsp3) is 0.611. The van der Waals surface area contributed by atoms with Crippen molar-refractivity contribution in [1.29, 1.82) is 0 Å². The molecule has 4 nitrogen and oxygen atoms in total. The Morgan fingerprint density at radius 1 is 1.00 bits per heavy atom. The van der Waals surface area contributed by atoms with E-state index >= 15 is 0 Å². The molecule has 4 heteroatoms. The van der Waals surface area contributed by atoms with Crippen LogP contribution in [0.1, 0.15) is 64.7 Å². The van der Waals surface area contributed by atoms with Gasteiger partial charge in [0, 0.05) is 6.42 Å². The molecule has 0 aromatic heterocycles. The summed E-state index contributed by atoms with van der Waals surface area (Å²) in [6, 6.07) is 0. The van der Waals surface area contributed by atoms with E-state index in [1.807, 2.05) is 24.3 Å². The minimum atomic E-state index is -0.704. The summed E-state index contributed by atoms with van der Waals surface area (Å²) < 4.78 is 0. The molecule has 0 saturated carbocycles. The third kappa shape index (κ3) is 15.0. The first-order valence-corrected chi connectivity index (χ1v) is 8.22. The number of aliphatic carboxylic acids is 1. The lowest BCUT2D eigenvalue weighted by atomic mass is 10.1. The second-order valence-corrected chi connectivity index (χ2v) is 5.30. The Kier molecular flexibility index (Phi) is 15.0. The minimum Gasteiger partial charge on any atom is -0.481 e. The average molecular weight is 310 g/mol. The highest BCUT2D eigenvalue weighted by atomic mass is 17.1. The normalized spacial score (nSPS) is 13.5. The van der Waals surface area contributed by atoms with Gasteiger partial charge in [-0.1, -0.05) is 63.0 Å². The van der Waals surface area contributed by atoms with Crippen molar-refractivity contribution < 1.29 is 20.0 Å². The van der Waals surface area contributed by atoms with Crippen LogP contribution in [0, 0.1) is 0 Å². The molecule has 2 N–H and O–H groups in total. The van der Waals surface area contributed by atoms with Crippen LogP contribution in [-0.4, -0.2) is 22.4 Å². The molecule has 1 atom stereocenters. The molecule has 0 aliphatic rings. The second kappa shape index (κ2) is 16.0. The molecular formula is C18H30O4. The van der Waals surface area contributed by atoms with E-state index < -0.39 is 5.97 Å². The van der Waals surface area contributed by atoms with Crippen molar-refractivity contribution in [3.8, 4) is 0 Å². The number of rotatable bonds is 14. The molecule has 0 rings (SSSR count). The van der Waals surface area contributed by atoms with Crippen molar-refractivity contribution >= 4 is 5.97 Å². The SMILES string of the molecule is CCC/C=C\[C@@H](/C=C/C=C\CCCCCCCC(=O)O)OO. The number of hydrogen-bond acceptors (Lipinski definition) is 3. The second-order valence-electron chi connectivity index (χ2n) is 5.30. The molecule has 22 heavy (non-hydrogen) atoms. The van der Waals surface area contributed by atoms with Crippen molar-refractivity contribution in [2.24, 2.45) is 0 Å². The van der Waals surface area contributed by atoms with E-state index in [9.17, 15) is 4.79 Å². The predicted octanol–water partition coefficient (Wildman–Crippen LogP) is 5.13. The summed E-state index contributed by atoms with van der Waals surface area (Å²) in [5.74, 6) is -0.704. The Morgan fingerprint density at radius 2 is 1.73 bits per heavy atom. The summed E-state index contributed by atoms with van der Waals surface area (Å²) in [6.45, 7) is 2.10. The summed E-state index contributed by atoms with van der Waals surface area (Å²) in [6.07, 6.45) is 19.7. The molecule has 0 heterocycles. The predicted molar refractivity (Wildman–Crippen MR) is 89.8 cm³/mol. The maximum atomic E-state index is 10.3. The van der Waals surface area contributed by atoms with E-state index in [4.69, 9.17) is 10.4 Å². The van der Waals surface area contributed by atoms with Crippen LogP contribution < -0.4 is 0 Å². The van der Waals surface area contributed by atoms with Crippen LogP contribution in [0.15, 0.2) is 36.5 Å². The molecule has 0 amide bonds. The molecule has 0 aliphatic carbocycles. The van der Waals surface area contributed by atoms with Crippen LogP contribution in [0.25, 0.3) is 0 Å². The highest BCUT2D eigenvalue weighted by Gasteiger charge is 1.96. The number of carboxylic acid groups (broad SMARTS) is 1. The van der Waals surface area contributed by atoms with Crippen molar-refractivity contribution in [2.75, 3.05) is 0 Å². The van der Waals surface area contributed by atoms with E-state index in [1.54, 1.807) is 6.08 Å². The van der Waals surface area contributed by atoms with E-state index in [0.29, 0.717) is 0 Å². The summed E-state index contributed by atoms with van der Waals surface area (Å²) in [5, 5.41) is 17.2. The van der Waals surface area contributed by atoms with Crippen molar-refractivity contribution in [2.45, 2.75) is 70.8 Å². The topological polar surface area (TPSA) is 66.8 Å². The number of unbranched alkanes of at least 4 members (excludes halogenated alkanes) is 6. The lowest BCUT2D eigenvalue weighted by Gasteiger charge is -2.01. The zero-order chi connectivity index (χ0) is 16.5. The highest BCUT2D eigenvalue weighted by Crippen LogP contribution is 2.07. The van der Waals surface area contributed by atoms with Crippen LogP contribution >= 0.6 is 0 Å². The molecule has 126 valence electrons. The first kappa shape index (κ1) is 20.6. The van der Waals surface area contributed by atoms with Gasteiger partial charge in [0.1, 0.15) is 6.10 Å². The molecule has 0 aromatic carbocycles. The third-order valence-electron chi connectivity index (χ3n) is 3.21. The van der Waals surface area contributed by atoms with E-state index in [2.05, 4.69) is 17.9 Å². The maximum absolute atomic E-state index is 10.3. The van der Waals surface area contributed by atoms with Gasteiger partial charge in [-0.3, -0.25) is 10.1 Å². The summed E-state index contributed by atoms with van der Waals surface area (Å²) in [4.78, 5) is 14.7. The van der Waals surface area contributed by atoms with Gasteiger partial charge in [-0.25, -0.2) is 4.89 Å². The molecule has 0 aliphatic heterocycles. The van der Waals surface area contributed by atoms with E-state index in [0.717, 1.165) is 51.4 Å². The maximum Gasteiger partial charge on any atom is 0.303 e. The molecule has 0 radical (unpaired) electrons. The van der Waals surface area contributed by atoms with Crippen LogP contribution in [0.2, 0.25) is 0 Å². The smallest absolute Gasteiger partial charge is 0.303 e. The van der Waals surface area contributed by atoms with Crippen molar-refractivity contribution in [3.05, 3.63) is 36.5 Å². The first-order valence-electron chi connectivity index (χ1n) is 8.22. The van der Waals surface area contributed by atoms with E-state index in [-0.39, 0.29) is 12.5 Å². The van der Waals surface area contributed by atoms with Gasteiger partial charge in [0.15, 0.2) is 0 Å².